The van der Waals surface area contributed by atoms with Crippen molar-refractivity contribution >= 4 is 0 Å². The van der Waals surface area contributed by atoms with Gasteiger partial charge in [-0.2, -0.15) is 0 Å². The lowest BCUT2D eigenvalue weighted by molar-refractivity contribution is 0.176. The lowest BCUT2D eigenvalue weighted by Gasteiger charge is -2.34. The maximum absolute atomic E-state index is 3.39. The fraction of sp³-hybridized carbons (Fsp3) is 1.00. The molecule has 2 aliphatic rings. The first-order valence-electron chi connectivity index (χ1n) is 6.96. The van der Waals surface area contributed by atoms with E-state index in [4.69, 9.17) is 0 Å². The summed E-state index contributed by atoms with van der Waals surface area (Å²) in [6.45, 7) is 3.69. The molecular formula is C14H27N. The smallest absolute Gasteiger partial charge is 0.00208 e. The minimum atomic E-state index is 0.994. The standard InChI is InChI=1S/C14H27N/c1-11-6-8-12(9-7-11)14-5-3-4-13(14)10-15-2/h11-15H,3-10H2,1-2H3. The van der Waals surface area contributed by atoms with Crippen molar-refractivity contribution in [3.63, 3.8) is 0 Å². The van der Waals surface area contributed by atoms with Crippen LogP contribution in [-0.4, -0.2) is 13.6 Å². The average Bonchev–Trinajstić information content (AvgIpc) is 2.68. The van der Waals surface area contributed by atoms with Crippen LogP contribution in [0.25, 0.3) is 0 Å². The average molecular weight is 209 g/mol. The summed E-state index contributed by atoms with van der Waals surface area (Å²) in [6, 6.07) is 0. The number of rotatable bonds is 3. The van der Waals surface area contributed by atoms with E-state index in [9.17, 15) is 0 Å². The summed E-state index contributed by atoms with van der Waals surface area (Å²) in [6.07, 6.45) is 10.5. The van der Waals surface area contributed by atoms with E-state index in [-0.39, 0.29) is 0 Å². The second-order valence-corrected chi connectivity index (χ2v) is 5.93. The summed E-state index contributed by atoms with van der Waals surface area (Å²) in [4.78, 5) is 0. The zero-order valence-electron chi connectivity index (χ0n) is 10.5. The van der Waals surface area contributed by atoms with Crippen molar-refractivity contribution in [3.8, 4) is 0 Å². The third kappa shape index (κ3) is 2.75. The first-order valence-corrected chi connectivity index (χ1v) is 6.96. The van der Waals surface area contributed by atoms with Crippen molar-refractivity contribution in [1.82, 2.24) is 5.32 Å². The zero-order valence-corrected chi connectivity index (χ0v) is 10.5. The second-order valence-electron chi connectivity index (χ2n) is 5.93. The molecule has 2 unspecified atom stereocenters. The molecule has 88 valence electrons. The van der Waals surface area contributed by atoms with Gasteiger partial charge in [-0.15, -0.1) is 0 Å². The van der Waals surface area contributed by atoms with Crippen LogP contribution in [0.3, 0.4) is 0 Å². The highest BCUT2D eigenvalue weighted by atomic mass is 14.8. The van der Waals surface area contributed by atoms with Gasteiger partial charge in [-0.3, -0.25) is 0 Å². The molecule has 0 aromatic carbocycles. The molecule has 15 heavy (non-hydrogen) atoms. The molecule has 0 spiro atoms. The summed E-state index contributed by atoms with van der Waals surface area (Å²) in [7, 11) is 2.11. The lowest BCUT2D eigenvalue weighted by Crippen LogP contribution is -2.29. The minimum Gasteiger partial charge on any atom is -0.319 e. The van der Waals surface area contributed by atoms with Crippen LogP contribution >= 0.6 is 0 Å². The highest BCUT2D eigenvalue weighted by molar-refractivity contribution is 4.86. The van der Waals surface area contributed by atoms with Gasteiger partial charge in [0.25, 0.3) is 0 Å². The van der Waals surface area contributed by atoms with Crippen molar-refractivity contribution in [3.05, 3.63) is 0 Å². The molecule has 2 rings (SSSR count). The van der Waals surface area contributed by atoms with Crippen LogP contribution in [0.15, 0.2) is 0 Å². The monoisotopic (exact) mass is 209 g/mol. The van der Waals surface area contributed by atoms with Gasteiger partial charge in [-0.05, 0) is 62.9 Å². The Morgan fingerprint density at radius 2 is 1.73 bits per heavy atom. The van der Waals surface area contributed by atoms with Crippen LogP contribution in [0.1, 0.15) is 51.9 Å². The Bertz CT molecular complexity index is 182. The molecule has 2 atom stereocenters. The van der Waals surface area contributed by atoms with Crippen LogP contribution in [-0.2, 0) is 0 Å². The molecule has 0 amide bonds. The highest BCUT2D eigenvalue weighted by Crippen LogP contribution is 2.43. The Kier molecular flexibility index (Phi) is 4.07. The largest absolute Gasteiger partial charge is 0.319 e. The summed E-state index contributed by atoms with van der Waals surface area (Å²) in [5, 5.41) is 3.39. The Labute approximate surface area is 95.0 Å². The van der Waals surface area contributed by atoms with Gasteiger partial charge in [0.15, 0.2) is 0 Å². The highest BCUT2D eigenvalue weighted by Gasteiger charge is 2.34. The topological polar surface area (TPSA) is 12.0 Å². The van der Waals surface area contributed by atoms with Gasteiger partial charge in [0.1, 0.15) is 0 Å². The van der Waals surface area contributed by atoms with Gasteiger partial charge in [-0.25, -0.2) is 0 Å². The molecule has 2 aliphatic carbocycles. The van der Waals surface area contributed by atoms with Gasteiger partial charge >= 0.3 is 0 Å². The summed E-state index contributed by atoms with van der Waals surface area (Å²) in [5.74, 6) is 4.13. The van der Waals surface area contributed by atoms with E-state index in [1.54, 1.807) is 0 Å². The maximum Gasteiger partial charge on any atom is -0.00208 e. The molecule has 0 aromatic heterocycles. The Morgan fingerprint density at radius 1 is 1.00 bits per heavy atom. The van der Waals surface area contributed by atoms with E-state index in [1.807, 2.05) is 0 Å². The summed E-state index contributed by atoms with van der Waals surface area (Å²) in [5.41, 5.74) is 0. The Morgan fingerprint density at radius 3 is 2.40 bits per heavy atom. The molecule has 0 saturated heterocycles. The van der Waals surface area contributed by atoms with E-state index in [0.717, 1.165) is 23.7 Å². The van der Waals surface area contributed by atoms with Crippen molar-refractivity contribution in [1.29, 1.82) is 0 Å². The van der Waals surface area contributed by atoms with E-state index < -0.39 is 0 Å². The Hall–Kier alpha value is -0.0400. The predicted octanol–water partition coefficient (Wildman–Crippen LogP) is 3.45. The fourth-order valence-corrected chi connectivity index (χ4v) is 3.92. The molecule has 1 N–H and O–H groups in total. The molecule has 1 heteroatoms. The molecule has 0 heterocycles. The third-order valence-electron chi connectivity index (χ3n) is 4.85. The maximum atomic E-state index is 3.39. The number of hydrogen-bond acceptors (Lipinski definition) is 1. The van der Waals surface area contributed by atoms with Crippen molar-refractivity contribution in [2.75, 3.05) is 13.6 Å². The number of nitrogens with one attached hydrogen (secondary N) is 1. The van der Waals surface area contributed by atoms with E-state index >= 15 is 0 Å². The van der Waals surface area contributed by atoms with E-state index in [0.29, 0.717) is 0 Å². The summed E-state index contributed by atoms with van der Waals surface area (Å²) < 4.78 is 0. The second kappa shape index (κ2) is 5.34. The molecule has 0 aliphatic heterocycles. The van der Waals surface area contributed by atoms with E-state index in [2.05, 4.69) is 19.3 Å². The van der Waals surface area contributed by atoms with Crippen molar-refractivity contribution in [2.45, 2.75) is 51.9 Å². The van der Waals surface area contributed by atoms with Gasteiger partial charge in [0, 0.05) is 0 Å². The molecule has 0 radical (unpaired) electrons. The first-order chi connectivity index (χ1) is 7.31. The lowest BCUT2D eigenvalue weighted by atomic mass is 9.73. The normalized spacial score (nSPS) is 42.0. The van der Waals surface area contributed by atoms with Gasteiger partial charge in [0.05, 0.1) is 0 Å². The van der Waals surface area contributed by atoms with Crippen LogP contribution in [0.5, 0.6) is 0 Å². The third-order valence-corrected chi connectivity index (χ3v) is 4.85. The summed E-state index contributed by atoms with van der Waals surface area (Å²) >= 11 is 0. The molecule has 0 bridgehead atoms. The van der Waals surface area contributed by atoms with Crippen LogP contribution in [0, 0.1) is 23.7 Å². The van der Waals surface area contributed by atoms with Crippen LogP contribution in [0.2, 0.25) is 0 Å². The molecule has 2 saturated carbocycles. The number of hydrogen-bond donors (Lipinski definition) is 1. The van der Waals surface area contributed by atoms with Crippen molar-refractivity contribution < 1.29 is 0 Å². The van der Waals surface area contributed by atoms with Gasteiger partial charge in [0.2, 0.25) is 0 Å². The predicted molar refractivity (Wildman–Crippen MR) is 65.9 cm³/mol. The minimum absolute atomic E-state index is 0.994. The SMILES string of the molecule is CNCC1CCCC1C1CCC(C)CC1. The first kappa shape index (κ1) is 11.4. The molecule has 0 aromatic rings. The van der Waals surface area contributed by atoms with Crippen molar-refractivity contribution in [2.24, 2.45) is 23.7 Å². The van der Waals surface area contributed by atoms with Crippen LogP contribution < -0.4 is 5.32 Å². The molecule has 1 nitrogen and oxygen atoms in total. The Balaban J connectivity index is 1.86. The van der Waals surface area contributed by atoms with Gasteiger partial charge in [-0.1, -0.05) is 26.2 Å². The zero-order chi connectivity index (χ0) is 10.7. The molecular weight excluding hydrogens is 182 g/mol. The fourth-order valence-electron chi connectivity index (χ4n) is 3.92. The van der Waals surface area contributed by atoms with Gasteiger partial charge < -0.3 is 5.32 Å². The van der Waals surface area contributed by atoms with Crippen LogP contribution in [0.4, 0.5) is 0 Å². The van der Waals surface area contributed by atoms with E-state index in [1.165, 1.54) is 51.5 Å². The quantitative estimate of drug-likeness (QED) is 0.750. The molecule has 2 fully saturated rings.